The molecule has 0 spiro atoms. The molecule has 0 bridgehead atoms. The van der Waals surface area contributed by atoms with Crippen LogP contribution in [0.2, 0.25) is 5.02 Å². The molecule has 4 rings (SSSR count). The van der Waals surface area contributed by atoms with Crippen LogP contribution in [0.5, 0.6) is 0 Å². The summed E-state index contributed by atoms with van der Waals surface area (Å²) in [6.07, 6.45) is 1.08. The van der Waals surface area contributed by atoms with Crippen LogP contribution in [0.4, 0.5) is 0 Å². The van der Waals surface area contributed by atoms with E-state index in [9.17, 15) is 0 Å². The number of benzene rings is 2. The van der Waals surface area contributed by atoms with Gasteiger partial charge in [0.15, 0.2) is 0 Å². The summed E-state index contributed by atoms with van der Waals surface area (Å²) >= 11 is 6.11. The summed E-state index contributed by atoms with van der Waals surface area (Å²) in [6, 6.07) is 17.0. The number of halogens is 1. The molecule has 110 valence electrons. The van der Waals surface area contributed by atoms with Crippen molar-refractivity contribution in [1.82, 2.24) is 10.3 Å². The van der Waals surface area contributed by atoms with Gasteiger partial charge < -0.3 is 5.32 Å². The van der Waals surface area contributed by atoms with Gasteiger partial charge >= 0.3 is 0 Å². The zero-order valence-electron chi connectivity index (χ0n) is 12.4. The largest absolute Gasteiger partial charge is 0.305 e. The van der Waals surface area contributed by atoms with Crippen LogP contribution in [0.25, 0.3) is 10.8 Å². The molecule has 3 aromatic rings. The van der Waals surface area contributed by atoms with Crippen LogP contribution in [-0.4, -0.2) is 11.5 Å². The molecule has 1 atom stereocenters. The van der Waals surface area contributed by atoms with Crippen molar-refractivity contribution in [2.24, 2.45) is 0 Å². The van der Waals surface area contributed by atoms with Gasteiger partial charge in [-0.15, -0.1) is 0 Å². The first-order valence-corrected chi connectivity index (χ1v) is 7.98. The fourth-order valence-corrected chi connectivity index (χ4v) is 3.50. The summed E-state index contributed by atoms with van der Waals surface area (Å²) in [6.45, 7) is 3.04. The van der Waals surface area contributed by atoms with Gasteiger partial charge in [0.2, 0.25) is 0 Å². The number of aryl methyl sites for hydroxylation is 1. The maximum absolute atomic E-state index is 6.11. The Morgan fingerprint density at radius 2 is 2.00 bits per heavy atom. The highest BCUT2D eigenvalue weighted by Crippen LogP contribution is 2.30. The number of hydrogen-bond donors (Lipinski definition) is 1. The summed E-state index contributed by atoms with van der Waals surface area (Å²) < 4.78 is 0. The van der Waals surface area contributed by atoms with Crippen LogP contribution in [0.1, 0.15) is 28.6 Å². The minimum atomic E-state index is 0.170. The molecule has 0 fully saturated rings. The van der Waals surface area contributed by atoms with Gasteiger partial charge in [-0.1, -0.05) is 41.9 Å². The molecule has 1 N–H and O–H groups in total. The molecular weight excluding hydrogens is 292 g/mol. The van der Waals surface area contributed by atoms with Crippen molar-refractivity contribution in [3.8, 4) is 0 Å². The Morgan fingerprint density at radius 3 is 2.91 bits per heavy atom. The van der Waals surface area contributed by atoms with Gasteiger partial charge in [-0.05, 0) is 48.1 Å². The highest BCUT2D eigenvalue weighted by Gasteiger charge is 2.22. The minimum Gasteiger partial charge on any atom is -0.305 e. The van der Waals surface area contributed by atoms with E-state index in [0.717, 1.165) is 34.8 Å². The fraction of sp³-hybridized carbons (Fsp3) is 0.211. The van der Waals surface area contributed by atoms with Gasteiger partial charge in [0.05, 0.1) is 11.7 Å². The van der Waals surface area contributed by atoms with Crippen LogP contribution in [0, 0.1) is 6.92 Å². The molecular formula is C19H17ClN2. The summed E-state index contributed by atoms with van der Waals surface area (Å²) in [7, 11) is 0. The third kappa shape index (κ3) is 2.29. The maximum atomic E-state index is 6.11. The Morgan fingerprint density at radius 1 is 1.14 bits per heavy atom. The molecule has 22 heavy (non-hydrogen) atoms. The molecule has 0 saturated carbocycles. The predicted molar refractivity (Wildman–Crippen MR) is 91.5 cm³/mol. The second kappa shape index (κ2) is 5.38. The smallest absolute Gasteiger partial charge is 0.0754 e. The Balaban J connectivity index is 1.87. The van der Waals surface area contributed by atoms with E-state index >= 15 is 0 Å². The van der Waals surface area contributed by atoms with Crippen molar-refractivity contribution >= 4 is 22.4 Å². The van der Waals surface area contributed by atoms with E-state index in [1.165, 1.54) is 16.5 Å². The van der Waals surface area contributed by atoms with Crippen molar-refractivity contribution < 1.29 is 0 Å². The summed E-state index contributed by atoms with van der Waals surface area (Å²) in [5.74, 6) is 0. The molecule has 0 radical (unpaired) electrons. The number of fused-ring (bicyclic) bond motifs is 2. The second-order valence-corrected chi connectivity index (χ2v) is 6.27. The fourth-order valence-electron chi connectivity index (χ4n) is 3.33. The Hall–Kier alpha value is -1.90. The Bertz CT molecular complexity index is 857. The van der Waals surface area contributed by atoms with Crippen molar-refractivity contribution in [3.05, 3.63) is 76.1 Å². The van der Waals surface area contributed by atoms with E-state index in [2.05, 4.69) is 48.6 Å². The first kappa shape index (κ1) is 13.7. The van der Waals surface area contributed by atoms with Gasteiger partial charge in [0.1, 0.15) is 0 Å². The number of rotatable bonds is 1. The van der Waals surface area contributed by atoms with Crippen molar-refractivity contribution in [1.29, 1.82) is 0 Å². The number of pyridine rings is 1. The third-order valence-electron chi connectivity index (χ3n) is 4.41. The van der Waals surface area contributed by atoms with Crippen LogP contribution in [0.15, 0.2) is 48.5 Å². The van der Waals surface area contributed by atoms with Gasteiger partial charge in [-0.3, -0.25) is 4.98 Å². The molecule has 1 unspecified atom stereocenters. The Kier molecular flexibility index (Phi) is 3.36. The lowest BCUT2D eigenvalue weighted by Crippen LogP contribution is -2.31. The summed E-state index contributed by atoms with van der Waals surface area (Å²) in [4.78, 5) is 4.84. The van der Waals surface area contributed by atoms with Gasteiger partial charge in [0, 0.05) is 22.6 Å². The lowest BCUT2D eigenvalue weighted by atomic mass is 9.91. The first-order valence-electron chi connectivity index (χ1n) is 7.60. The van der Waals surface area contributed by atoms with Crippen LogP contribution < -0.4 is 5.32 Å². The number of nitrogens with zero attached hydrogens (tertiary/aromatic N) is 1. The third-order valence-corrected chi connectivity index (χ3v) is 4.65. The van der Waals surface area contributed by atoms with E-state index in [4.69, 9.17) is 16.6 Å². The van der Waals surface area contributed by atoms with Crippen molar-refractivity contribution in [2.45, 2.75) is 19.4 Å². The number of hydrogen-bond acceptors (Lipinski definition) is 2. The molecule has 2 nitrogen and oxygen atoms in total. The number of aromatic nitrogens is 1. The average Bonchev–Trinajstić information content (AvgIpc) is 2.55. The number of nitrogens with one attached hydrogen (secondary N) is 1. The lowest BCUT2D eigenvalue weighted by molar-refractivity contribution is 0.557. The standard InChI is InChI=1S/C19H17ClN2/c1-12-17-11-15(20)7-6-14(17)10-18(22-12)19-16-5-3-2-4-13(16)8-9-21-19/h2-7,10-11,19,21H,8-9H2,1H3. The van der Waals surface area contributed by atoms with E-state index in [0.29, 0.717) is 0 Å². The first-order chi connectivity index (χ1) is 10.7. The topological polar surface area (TPSA) is 24.9 Å². The maximum Gasteiger partial charge on any atom is 0.0754 e. The highest BCUT2D eigenvalue weighted by atomic mass is 35.5. The van der Waals surface area contributed by atoms with Crippen LogP contribution in [0.3, 0.4) is 0 Å². The molecule has 1 aliphatic rings. The van der Waals surface area contributed by atoms with Gasteiger partial charge in [0.25, 0.3) is 0 Å². The normalized spacial score (nSPS) is 17.5. The Labute approximate surface area is 135 Å². The van der Waals surface area contributed by atoms with Crippen LogP contribution in [-0.2, 0) is 6.42 Å². The highest BCUT2D eigenvalue weighted by molar-refractivity contribution is 6.31. The summed E-state index contributed by atoms with van der Waals surface area (Å²) in [5.41, 5.74) is 4.87. The zero-order valence-corrected chi connectivity index (χ0v) is 13.2. The zero-order chi connectivity index (χ0) is 15.1. The van der Waals surface area contributed by atoms with Gasteiger partial charge in [-0.2, -0.15) is 0 Å². The molecule has 0 amide bonds. The van der Waals surface area contributed by atoms with E-state index in [1.54, 1.807) is 0 Å². The second-order valence-electron chi connectivity index (χ2n) is 5.83. The predicted octanol–water partition coefficient (Wildman–Crippen LogP) is 4.43. The quantitative estimate of drug-likeness (QED) is 0.719. The SMILES string of the molecule is Cc1nc(C2NCCc3ccccc32)cc2ccc(Cl)cc12. The van der Waals surface area contributed by atoms with E-state index in [-0.39, 0.29) is 6.04 Å². The molecule has 1 aromatic heterocycles. The molecule has 3 heteroatoms. The van der Waals surface area contributed by atoms with E-state index in [1.807, 2.05) is 12.1 Å². The summed E-state index contributed by atoms with van der Waals surface area (Å²) in [5, 5.41) is 6.68. The molecule has 2 aromatic carbocycles. The molecule has 0 aliphatic carbocycles. The molecule has 2 heterocycles. The molecule has 0 saturated heterocycles. The van der Waals surface area contributed by atoms with Crippen LogP contribution >= 0.6 is 11.6 Å². The average molecular weight is 309 g/mol. The monoisotopic (exact) mass is 308 g/mol. The molecule has 1 aliphatic heterocycles. The van der Waals surface area contributed by atoms with Crippen molar-refractivity contribution in [2.75, 3.05) is 6.54 Å². The lowest BCUT2D eigenvalue weighted by Gasteiger charge is -2.27. The van der Waals surface area contributed by atoms with E-state index < -0.39 is 0 Å². The van der Waals surface area contributed by atoms with Crippen molar-refractivity contribution in [3.63, 3.8) is 0 Å². The van der Waals surface area contributed by atoms with Gasteiger partial charge in [-0.25, -0.2) is 0 Å². The minimum absolute atomic E-state index is 0.170.